The molecule has 0 saturated heterocycles. The predicted octanol–water partition coefficient (Wildman–Crippen LogP) is 3.40. The Balaban J connectivity index is 1.92. The number of aromatic nitrogens is 1. The number of hydrogen-bond donors (Lipinski definition) is 0. The lowest BCUT2D eigenvalue weighted by Gasteiger charge is -2.07. The second-order valence-electron chi connectivity index (χ2n) is 6.68. The van der Waals surface area contributed by atoms with Crippen molar-refractivity contribution in [1.29, 1.82) is 0 Å². The van der Waals surface area contributed by atoms with E-state index < -0.39 is 5.91 Å². The van der Waals surface area contributed by atoms with Crippen LogP contribution in [-0.2, 0) is 20.9 Å². The van der Waals surface area contributed by atoms with Crippen LogP contribution in [0.4, 0.5) is 0 Å². The lowest BCUT2D eigenvalue weighted by atomic mass is 10.1. The molecule has 0 fully saturated rings. The van der Waals surface area contributed by atoms with Gasteiger partial charge in [0.2, 0.25) is 0 Å². The topological polar surface area (TPSA) is 79.1 Å². The van der Waals surface area contributed by atoms with Crippen LogP contribution in [0.15, 0.2) is 41.4 Å². The molecule has 0 aliphatic rings. The fourth-order valence-electron chi connectivity index (χ4n) is 3.06. The fourth-order valence-corrected chi connectivity index (χ4v) is 4.16. The maximum Gasteiger partial charge on any atom is 0.326 e. The molecule has 0 bridgehead atoms. The molecule has 158 valence electrons. The smallest absolute Gasteiger partial charge is 0.326 e. The van der Waals surface area contributed by atoms with E-state index in [0.717, 1.165) is 21.3 Å². The Bertz CT molecular complexity index is 1150. The van der Waals surface area contributed by atoms with Gasteiger partial charge in [-0.25, -0.2) is 0 Å². The van der Waals surface area contributed by atoms with Crippen molar-refractivity contribution in [2.45, 2.75) is 27.3 Å². The van der Waals surface area contributed by atoms with E-state index >= 15 is 0 Å². The molecule has 7 nitrogen and oxygen atoms in total. The molecule has 3 aromatic rings. The SMILES string of the molecule is CCOC(=O)Cn1c(=NC(=O)COc2cccc(OC)c2)sc2c(C)cc(C)cc21. The molecular formula is C22H24N2O5S. The van der Waals surface area contributed by atoms with E-state index in [1.165, 1.54) is 11.3 Å². The average Bonchev–Trinajstić information content (AvgIpc) is 3.04. The molecule has 0 atom stereocenters. The summed E-state index contributed by atoms with van der Waals surface area (Å²) in [6.45, 7) is 5.80. The Kier molecular flexibility index (Phi) is 6.89. The standard InChI is InChI=1S/C22H24N2O5S/c1-5-28-20(26)12-24-18-10-14(2)9-15(3)21(18)30-22(24)23-19(25)13-29-17-8-6-7-16(11-17)27-4/h6-11H,5,12-13H2,1-4H3. The fraction of sp³-hybridized carbons (Fsp3) is 0.318. The summed E-state index contributed by atoms with van der Waals surface area (Å²) in [4.78, 5) is 29.3. The molecule has 2 aromatic carbocycles. The van der Waals surface area contributed by atoms with Gasteiger partial charge in [0, 0.05) is 6.07 Å². The quantitative estimate of drug-likeness (QED) is 0.539. The monoisotopic (exact) mass is 428 g/mol. The van der Waals surface area contributed by atoms with Crippen molar-refractivity contribution in [3.05, 3.63) is 52.3 Å². The number of nitrogens with zero attached hydrogens (tertiary/aromatic N) is 2. The van der Waals surface area contributed by atoms with Crippen molar-refractivity contribution >= 4 is 33.4 Å². The van der Waals surface area contributed by atoms with Gasteiger partial charge in [-0.2, -0.15) is 4.99 Å². The summed E-state index contributed by atoms with van der Waals surface area (Å²) in [6.07, 6.45) is 0. The van der Waals surface area contributed by atoms with Crippen LogP contribution in [-0.4, -0.2) is 36.8 Å². The maximum absolute atomic E-state index is 12.5. The largest absolute Gasteiger partial charge is 0.497 e. The summed E-state index contributed by atoms with van der Waals surface area (Å²) < 4.78 is 18.5. The molecule has 8 heteroatoms. The summed E-state index contributed by atoms with van der Waals surface area (Å²) in [5.74, 6) is 0.328. The number of thiazole rings is 1. The summed E-state index contributed by atoms with van der Waals surface area (Å²) in [5.41, 5.74) is 2.98. The van der Waals surface area contributed by atoms with Gasteiger partial charge < -0.3 is 18.8 Å². The molecule has 0 radical (unpaired) electrons. The average molecular weight is 429 g/mol. The van der Waals surface area contributed by atoms with Gasteiger partial charge in [-0.1, -0.05) is 23.5 Å². The van der Waals surface area contributed by atoms with Crippen molar-refractivity contribution < 1.29 is 23.8 Å². The van der Waals surface area contributed by atoms with Crippen LogP contribution in [0.1, 0.15) is 18.1 Å². The van der Waals surface area contributed by atoms with Crippen molar-refractivity contribution in [3.63, 3.8) is 0 Å². The first-order valence-electron chi connectivity index (χ1n) is 9.52. The summed E-state index contributed by atoms with van der Waals surface area (Å²) in [7, 11) is 1.56. The summed E-state index contributed by atoms with van der Waals surface area (Å²) >= 11 is 1.37. The highest BCUT2D eigenvalue weighted by Crippen LogP contribution is 2.23. The Morgan fingerprint density at radius 2 is 1.90 bits per heavy atom. The minimum atomic E-state index is -0.448. The van der Waals surface area contributed by atoms with E-state index in [4.69, 9.17) is 14.2 Å². The summed E-state index contributed by atoms with van der Waals surface area (Å²) in [5, 5.41) is 0. The maximum atomic E-state index is 12.5. The lowest BCUT2D eigenvalue weighted by molar-refractivity contribution is -0.143. The third-order valence-electron chi connectivity index (χ3n) is 4.33. The second kappa shape index (κ2) is 9.58. The number of amides is 1. The molecule has 0 N–H and O–H groups in total. The zero-order valence-electron chi connectivity index (χ0n) is 17.4. The van der Waals surface area contributed by atoms with Crippen molar-refractivity contribution in [3.8, 4) is 11.5 Å². The first-order chi connectivity index (χ1) is 14.4. The van der Waals surface area contributed by atoms with Gasteiger partial charge >= 0.3 is 5.97 Å². The molecule has 0 saturated carbocycles. The number of benzene rings is 2. The van der Waals surface area contributed by atoms with Crippen LogP contribution >= 0.6 is 11.3 Å². The second-order valence-corrected chi connectivity index (χ2v) is 7.66. The first kappa shape index (κ1) is 21.6. The van der Waals surface area contributed by atoms with E-state index in [1.807, 2.05) is 19.9 Å². The predicted molar refractivity (Wildman–Crippen MR) is 115 cm³/mol. The molecule has 30 heavy (non-hydrogen) atoms. The zero-order valence-corrected chi connectivity index (χ0v) is 18.2. The number of carbonyl (C=O) groups excluding carboxylic acids is 2. The number of rotatable bonds is 7. The molecule has 1 heterocycles. The minimum absolute atomic E-state index is 0.0143. The van der Waals surface area contributed by atoms with Gasteiger partial charge in [-0.05, 0) is 50.1 Å². The zero-order chi connectivity index (χ0) is 21.7. The summed E-state index contributed by atoms with van der Waals surface area (Å²) in [6, 6.07) is 11.0. The number of esters is 1. The Morgan fingerprint density at radius 3 is 2.63 bits per heavy atom. The minimum Gasteiger partial charge on any atom is -0.497 e. The van der Waals surface area contributed by atoms with Gasteiger partial charge in [0.15, 0.2) is 11.4 Å². The first-order valence-corrected chi connectivity index (χ1v) is 10.3. The van der Waals surface area contributed by atoms with Crippen molar-refractivity contribution in [1.82, 2.24) is 4.57 Å². The Labute approximate surface area is 178 Å². The number of carbonyl (C=O) groups is 2. The number of ether oxygens (including phenoxy) is 3. The van der Waals surface area contributed by atoms with Crippen LogP contribution in [0.5, 0.6) is 11.5 Å². The third kappa shape index (κ3) is 5.07. The number of methoxy groups -OCH3 is 1. The van der Waals surface area contributed by atoms with E-state index in [1.54, 1.807) is 42.9 Å². The van der Waals surface area contributed by atoms with E-state index in [0.29, 0.717) is 22.9 Å². The molecule has 0 aliphatic heterocycles. The van der Waals surface area contributed by atoms with Crippen molar-refractivity contribution in [2.75, 3.05) is 20.3 Å². The van der Waals surface area contributed by atoms with Crippen LogP contribution < -0.4 is 14.3 Å². The van der Waals surface area contributed by atoms with Gasteiger partial charge in [-0.15, -0.1) is 0 Å². The van der Waals surface area contributed by atoms with Crippen LogP contribution in [0.2, 0.25) is 0 Å². The Hall–Kier alpha value is -3.13. The van der Waals surface area contributed by atoms with E-state index in [9.17, 15) is 9.59 Å². The molecular weight excluding hydrogens is 404 g/mol. The van der Waals surface area contributed by atoms with Crippen molar-refractivity contribution in [2.24, 2.45) is 4.99 Å². The van der Waals surface area contributed by atoms with E-state index in [2.05, 4.69) is 11.1 Å². The van der Waals surface area contributed by atoms with Gasteiger partial charge in [-0.3, -0.25) is 9.59 Å². The molecule has 0 unspecified atom stereocenters. The highest BCUT2D eigenvalue weighted by atomic mass is 32.1. The lowest BCUT2D eigenvalue weighted by Crippen LogP contribution is -2.24. The van der Waals surface area contributed by atoms with Gasteiger partial charge in [0.25, 0.3) is 5.91 Å². The number of aryl methyl sites for hydroxylation is 2. The highest BCUT2D eigenvalue weighted by Gasteiger charge is 2.14. The number of fused-ring (bicyclic) bond motifs is 1. The molecule has 1 aromatic heterocycles. The van der Waals surface area contributed by atoms with Gasteiger partial charge in [0.1, 0.15) is 18.0 Å². The third-order valence-corrected chi connectivity index (χ3v) is 5.56. The van der Waals surface area contributed by atoms with Crippen LogP contribution in [0, 0.1) is 13.8 Å². The van der Waals surface area contributed by atoms with E-state index in [-0.39, 0.29) is 19.1 Å². The van der Waals surface area contributed by atoms with Crippen LogP contribution in [0.25, 0.3) is 10.2 Å². The van der Waals surface area contributed by atoms with Crippen LogP contribution in [0.3, 0.4) is 0 Å². The normalized spacial score (nSPS) is 11.5. The highest BCUT2D eigenvalue weighted by molar-refractivity contribution is 7.16. The number of hydrogen-bond acceptors (Lipinski definition) is 6. The Morgan fingerprint density at radius 1 is 1.13 bits per heavy atom. The van der Waals surface area contributed by atoms with Gasteiger partial charge in [0.05, 0.1) is 23.9 Å². The molecule has 1 amide bonds. The molecule has 0 spiro atoms. The molecule has 3 rings (SSSR count). The molecule has 0 aliphatic carbocycles.